The van der Waals surface area contributed by atoms with E-state index >= 15 is 0 Å². The second kappa shape index (κ2) is 26.8. The standard InChI is InChI=1S/C27H32N2O9.C25H35NO8/c1-15(2)25(32)38-23-16(3)37-27(34)19(29-24(31)21-22(30)20(35-4)12-13-28-21)14-36-26(33)18(23)11-10-17-8-6-5-7-9-17;1-15(2)21(27)33-20-16(3)32-23(29)19(26-24(30)34-25(4,5)6)14-31-22(28)18(20)13-12-17-10-8-7-9-11-17/h5-9,12-13,15-16,18-19,23,30H,10-11,14H2,1-4H3,(H,29,31);7-11,15-16,18-20H,12-14H2,1-6H3,(H,26,30)/t16-,18+,19-,23-;16-,18+,19-,20-/m00/s1. The first kappa shape index (κ1) is 57.3. The zero-order chi connectivity index (χ0) is 53.3. The van der Waals surface area contributed by atoms with Crippen LogP contribution in [-0.4, -0.2) is 120 Å². The van der Waals surface area contributed by atoms with E-state index in [9.17, 15) is 43.5 Å². The minimum atomic E-state index is -1.41. The molecule has 3 aromatic rings. The van der Waals surface area contributed by atoms with Crippen LogP contribution in [0.3, 0.4) is 0 Å². The number of hydrogen-bond donors (Lipinski definition) is 3. The van der Waals surface area contributed by atoms with Crippen LogP contribution in [0, 0.1) is 23.7 Å². The topological polar surface area (TPSA) is 268 Å². The van der Waals surface area contributed by atoms with Crippen molar-refractivity contribution in [1.29, 1.82) is 0 Å². The Balaban J connectivity index is 0.000000315. The third kappa shape index (κ3) is 17.3. The van der Waals surface area contributed by atoms with E-state index in [1.165, 1.54) is 26.3 Å². The molecule has 3 N–H and O–H groups in total. The molecule has 2 saturated heterocycles. The number of rotatable bonds is 14. The number of aryl methyl sites for hydroxylation is 2. The van der Waals surface area contributed by atoms with Crippen LogP contribution < -0.4 is 15.4 Å². The molecular weight excluding hydrogens is 939 g/mol. The molecule has 0 radical (unpaired) electrons. The number of esters is 6. The van der Waals surface area contributed by atoms with Crippen molar-refractivity contribution >= 4 is 47.8 Å². The molecule has 20 heteroatoms. The lowest BCUT2D eigenvalue weighted by atomic mass is 9.91. The molecule has 2 aliphatic rings. The van der Waals surface area contributed by atoms with Crippen molar-refractivity contribution in [2.75, 3.05) is 20.3 Å². The lowest BCUT2D eigenvalue weighted by Gasteiger charge is -2.29. The maximum Gasteiger partial charge on any atom is 0.408 e. The summed E-state index contributed by atoms with van der Waals surface area (Å²) in [6.45, 7) is 13.8. The van der Waals surface area contributed by atoms with Crippen LogP contribution in [0.5, 0.6) is 11.5 Å². The third-order valence-electron chi connectivity index (χ3n) is 11.2. The van der Waals surface area contributed by atoms with E-state index < -0.39 is 133 Å². The molecule has 5 rings (SSSR count). The van der Waals surface area contributed by atoms with Crippen molar-refractivity contribution in [3.63, 3.8) is 0 Å². The van der Waals surface area contributed by atoms with Crippen LogP contribution >= 0.6 is 0 Å². The predicted octanol–water partition coefficient (Wildman–Crippen LogP) is 5.38. The van der Waals surface area contributed by atoms with E-state index in [1.807, 2.05) is 60.7 Å². The van der Waals surface area contributed by atoms with Crippen LogP contribution in [-0.2, 0) is 74.8 Å². The molecule has 0 saturated carbocycles. The molecular formula is C52H67N3O17. The first-order valence-corrected chi connectivity index (χ1v) is 23.7. The first-order chi connectivity index (χ1) is 34.0. The van der Waals surface area contributed by atoms with E-state index in [0.29, 0.717) is 19.3 Å². The molecule has 0 unspecified atom stereocenters. The SMILES string of the molecule is CC(C)C(=O)O[C@H]1[C@H](C)OC(=O)[C@@H](NC(=O)OC(C)(C)C)COC(=O)[C@@H]1CCc1ccccc1.COc1ccnc(C(=O)N[C@H]2COC(=O)[C@H](CCc3ccccc3)[C@@H](OC(=O)C(C)C)[C@H](C)OC2=O)c1O. The lowest BCUT2D eigenvalue weighted by molar-refractivity contribution is -0.177. The average Bonchev–Trinajstić information content (AvgIpc) is 3.38. The van der Waals surface area contributed by atoms with Crippen LogP contribution in [0.15, 0.2) is 72.9 Å². The fourth-order valence-corrected chi connectivity index (χ4v) is 7.31. The van der Waals surface area contributed by atoms with E-state index in [-0.39, 0.29) is 17.9 Å². The van der Waals surface area contributed by atoms with Gasteiger partial charge in [-0.2, -0.15) is 0 Å². The van der Waals surface area contributed by atoms with Gasteiger partial charge in [-0.25, -0.2) is 19.4 Å². The molecule has 0 spiro atoms. The number of aromatic nitrogens is 1. The highest BCUT2D eigenvalue weighted by atomic mass is 16.6. The molecule has 1 aromatic heterocycles. The number of nitrogens with zero attached hydrogens (tertiary/aromatic N) is 1. The number of aromatic hydroxyl groups is 1. The molecule has 0 aliphatic carbocycles. The molecule has 8 atom stereocenters. The summed E-state index contributed by atoms with van der Waals surface area (Å²) in [5.74, 6) is -8.28. The van der Waals surface area contributed by atoms with Crippen molar-refractivity contribution in [2.24, 2.45) is 23.7 Å². The fourth-order valence-electron chi connectivity index (χ4n) is 7.31. The van der Waals surface area contributed by atoms with Gasteiger partial charge in [0.05, 0.1) is 30.8 Å². The van der Waals surface area contributed by atoms with Crippen molar-refractivity contribution in [2.45, 2.75) is 130 Å². The number of carbonyl (C=O) groups is 8. The Morgan fingerprint density at radius 3 is 1.51 bits per heavy atom. The Morgan fingerprint density at radius 1 is 0.681 bits per heavy atom. The maximum absolute atomic E-state index is 13.2. The Bertz CT molecular complexity index is 2340. The van der Waals surface area contributed by atoms with Crippen LogP contribution in [0.1, 0.15) is 96.8 Å². The van der Waals surface area contributed by atoms with Crippen LogP contribution in [0.4, 0.5) is 4.79 Å². The summed E-state index contributed by atoms with van der Waals surface area (Å²) < 4.78 is 43.3. The molecule has 0 bridgehead atoms. The highest BCUT2D eigenvalue weighted by molar-refractivity contribution is 5.98. The van der Waals surface area contributed by atoms with E-state index in [4.69, 9.17) is 37.9 Å². The number of hydrogen-bond acceptors (Lipinski definition) is 18. The van der Waals surface area contributed by atoms with Gasteiger partial charge in [-0.1, -0.05) is 88.4 Å². The van der Waals surface area contributed by atoms with Gasteiger partial charge in [0.25, 0.3) is 5.91 Å². The zero-order valence-corrected chi connectivity index (χ0v) is 42.4. The van der Waals surface area contributed by atoms with Crippen molar-refractivity contribution in [1.82, 2.24) is 15.6 Å². The van der Waals surface area contributed by atoms with Gasteiger partial charge >= 0.3 is 41.9 Å². The third-order valence-corrected chi connectivity index (χ3v) is 11.2. The Kier molecular flexibility index (Phi) is 21.4. The largest absolute Gasteiger partial charge is 0.503 e. The monoisotopic (exact) mass is 1010 g/mol. The fraction of sp³-hybridized carbons (Fsp3) is 0.519. The summed E-state index contributed by atoms with van der Waals surface area (Å²) in [6.07, 6.45) is -2.15. The van der Waals surface area contributed by atoms with Crippen molar-refractivity contribution in [3.05, 3.63) is 89.7 Å². The number of methoxy groups -OCH3 is 1. The minimum absolute atomic E-state index is 0.0123. The molecule has 3 heterocycles. The summed E-state index contributed by atoms with van der Waals surface area (Å²) in [5, 5.41) is 15.0. The summed E-state index contributed by atoms with van der Waals surface area (Å²) in [4.78, 5) is 106. The molecule has 2 amide bonds. The van der Waals surface area contributed by atoms with E-state index in [0.717, 1.165) is 11.1 Å². The molecule has 2 fully saturated rings. The minimum Gasteiger partial charge on any atom is -0.503 e. The number of ether oxygens (including phenoxy) is 8. The Labute approximate surface area is 419 Å². The molecule has 2 aromatic carbocycles. The van der Waals surface area contributed by atoms with E-state index in [2.05, 4.69) is 15.6 Å². The Hall–Kier alpha value is -7.25. The first-order valence-electron chi connectivity index (χ1n) is 23.7. The number of amides is 2. The van der Waals surface area contributed by atoms with Gasteiger partial charge in [0, 0.05) is 12.3 Å². The highest BCUT2D eigenvalue weighted by Gasteiger charge is 2.44. The van der Waals surface area contributed by atoms with Crippen molar-refractivity contribution in [3.8, 4) is 11.5 Å². The van der Waals surface area contributed by atoms with Crippen LogP contribution in [0.25, 0.3) is 0 Å². The number of carbonyl (C=O) groups excluding carboxylic acids is 8. The van der Waals surface area contributed by atoms with Gasteiger partial charge in [0.2, 0.25) is 0 Å². The van der Waals surface area contributed by atoms with Gasteiger partial charge in [0.15, 0.2) is 41.5 Å². The van der Waals surface area contributed by atoms with Gasteiger partial charge in [-0.3, -0.25) is 24.0 Å². The molecule has 20 nitrogen and oxygen atoms in total. The average molecular weight is 1010 g/mol. The summed E-state index contributed by atoms with van der Waals surface area (Å²) in [6, 6.07) is 17.7. The summed E-state index contributed by atoms with van der Waals surface area (Å²) in [7, 11) is 1.31. The van der Waals surface area contributed by atoms with Gasteiger partial charge < -0.3 is 53.6 Å². The van der Waals surface area contributed by atoms with Crippen molar-refractivity contribution < 1.29 is 81.4 Å². The number of benzene rings is 2. The number of cyclic esters (lactones) is 4. The normalized spacial score (nSPS) is 22.7. The second-order valence-corrected chi connectivity index (χ2v) is 18.9. The van der Waals surface area contributed by atoms with Gasteiger partial charge in [-0.05, 0) is 71.4 Å². The number of alkyl carbamates (subject to hydrolysis) is 1. The summed E-state index contributed by atoms with van der Waals surface area (Å²) >= 11 is 0. The number of nitrogens with one attached hydrogen (secondary N) is 2. The predicted molar refractivity (Wildman–Crippen MR) is 256 cm³/mol. The Morgan fingerprint density at radius 2 is 1.11 bits per heavy atom. The number of pyridine rings is 1. The van der Waals surface area contributed by atoms with Gasteiger partial charge in [-0.15, -0.1) is 0 Å². The van der Waals surface area contributed by atoms with Gasteiger partial charge in [0.1, 0.15) is 31.0 Å². The molecule has 72 heavy (non-hydrogen) atoms. The smallest absolute Gasteiger partial charge is 0.408 e. The zero-order valence-electron chi connectivity index (χ0n) is 42.4. The van der Waals surface area contributed by atoms with Crippen LogP contribution in [0.2, 0.25) is 0 Å². The summed E-state index contributed by atoms with van der Waals surface area (Å²) in [5.41, 5.74) is 0.795. The van der Waals surface area contributed by atoms with E-state index in [1.54, 1.807) is 55.4 Å². The highest BCUT2D eigenvalue weighted by Crippen LogP contribution is 2.29. The quantitative estimate of drug-likeness (QED) is 0.135. The second-order valence-electron chi connectivity index (χ2n) is 18.9. The maximum atomic E-state index is 13.2. The lowest BCUT2D eigenvalue weighted by Crippen LogP contribution is -2.48. The molecule has 2 aliphatic heterocycles. The molecule has 392 valence electrons.